The van der Waals surface area contributed by atoms with Crippen molar-refractivity contribution in [2.24, 2.45) is 17.8 Å². The molecule has 2 amide bonds. The monoisotopic (exact) mass is 702 g/mol. The Bertz CT molecular complexity index is 1460. The van der Waals surface area contributed by atoms with E-state index in [1.165, 1.54) is 63.0 Å². The molecule has 0 saturated carbocycles. The third-order valence-electron chi connectivity index (χ3n) is 7.37. The molecule has 2 atom stereocenters. The van der Waals surface area contributed by atoms with Crippen LogP contribution in [-0.4, -0.2) is 21.8 Å². The number of rotatable bonds is 10. The summed E-state index contributed by atoms with van der Waals surface area (Å²) >= 11 is 1.22. The van der Waals surface area contributed by atoms with Gasteiger partial charge in [0.25, 0.3) is 5.91 Å². The summed E-state index contributed by atoms with van der Waals surface area (Å²) in [6.07, 6.45) is 6.18. The van der Waals surface area contributed by atoms with Gasteiger partial charge in [0.2, 0.25) is 5.91 Å². The summed E-state index contributed by atoms with van der Waals surface area (Å²) in [5, 5.41) is 5.54. The van der Waals surface area contributed by atoms with Crippen molar-refractivity contribution in [3.8, 4) is 11.8 Å². The lowest BCUT2D eigenvalue weighted by atomic mass is 9.94. The van der Waals surface area contributed by atoms with E-state index in [1.807, 2.05) is 20.8 Å². The smallest absolute Gasteiger partial charge is 0.321 e. The van der Waals surface area contributed by atoms with Crippen molar-refractivity contribution in [1.29, 1.82) is 0 Å². The molecule has 0 aliphatic heterocycles. The number of hydrogen-bond donors (Lipinski definition) is 2. The largest absolute Gasteiger partial charge is 0.416 e. The van der Waals surface area contributed by atoms with Gasteiger partial charge in [0.05, 0.1) is 16.6 Å². The molecule has 49 heavy (non-hydrogen) atoms. The molecule has 0 radical (unpaired) electrons. The Kier molecular flexibility index (Phi) is 22.6. The molecular formula is C39H57F3N4O2S. The number of aromatic nitrogens is 2. The second-order valence-corrected chi connectivity index (χ2v) is 13.2. The van der Waals surface area contributed by atoms with Gasteiger partial charge in [-0.2, -0.15) is 13.2 Å². The number of pyridine rings is 1. The minimum Gasteiger partial charge on any atom is -0.321 e. The van der Waals surface area contributed by atoms with E-state index in [-0.39, 0.29) is 11.6 Å². The number of nitrogens with zero attached hydrogens (tertiary/aromatic N) is 2. The third kappa shape index (κ3) is 19.8. The maximum absolute atomic E-state index is 12.8. The van der Waals surface area contributed by atoms with Gasteiger partial charge in [-0.3, -0.25) is 14.6 Å². The molecule has 3 aromatic rings. The molecule has 2 unspecified atom stereocenters. The number of alkyl halides is 3. The Morgan fingerprint density at radius 1 is 0.878 bits per heavy atom. The van der Waals surface area contributed by atoms with Crippen LogP contribution in [0.15, 0.2) is 42.7 Å². The van der Waals surface area contributed by atoms with Gasteiger partial charge < -0.3 is 10.6 Å². The summed E-state index contributed by atoms with van der Waals surface area (Å²) in [6.45, 7) is 23.2. The molecule has 2 aromatic heterocycles. The maximum atomic E-state index is 12.8. The fraction of sp³-hybridized carbons (Fsp3) is 0.538. The highest BCUT2D eigenvalue weighted by molar-refractivity contribution is 7.16. The number of carbonyl (C=O) groups excluding carboxylic acids is 2. The van der Waals surface area contributed by atoms with Crippen molar-refractivity contribution in [2.75, 3.05) is 10.6 Å². The number of halogens is 3. The van der Waals surface area contributed by atoms with Crippen molar-refractivity contribution in [1.82, 2.24) is 9.97 Å². The highest BCUT2D eigenvalue weighted by Crippen LogP contribution is 2.29. The predicted molar refractivity (Wildman–Crippen MR) is 200 cm³/mol. The number of hydrogen-bond acceptors (Lipinski definition) is 5. The molecule has 0 bridgehead atoms. The van der Waals surface area contributed by atoms with E-state index >= 15 is 0 Å². The van der Waals surface area contributed by atoms with Crippen LogP contribution in [0.25, 0.3) is 0 Å². The Hall–Kier alpha value is -3.71. The van der Waals surface area contributed by atoms with Crippen molar-refractivity contribution >= 4 is 34.0 Å². The van der Waals surface area contributed by atoms with Crippen LogP contribution in [0.3, 0.4) is 0 Å². The Morgan fingerprint density at radius 3 is 2.06 bits per heavy atom. The number of anilines is 2. The van der Waals surface area contributed by atoms with Crippen LogP contribution in [0.4, 0.5) is 24.0 Å². The SMILES string of the molecule is CC.CC(=O)Nc1ncc(C#Cc2cc(NC(=O)c3cc(C(F)(F)F)ccn3)ccc2C)s1.CCC(C)C.CCCC(C)CCC(C)CC. The average Bonchev–Trinajstić information content (AvgIpc) is 3.51. The van der Waals surface area contributed by atoms with Crippen molar-refractivity contribution in [2.45, 2.75) is 121 Å². The van der Waals surface area contributed by atoms with Crippen LogP contribution < -0.4 is 10.6 Å². The molecule has 1 aromatic carbocycles. The minimum absolute atomic E-state index is 0.233. The molecule has 2 heterocycles. The van der Waals surface area contributed by atoms with Gasteiger partial charge in [-0.15, -0.1) is 0 Å². The summed E-state index contributed by atoms with van der Waals surface area (Å²) < 4.78 is 38.5. The molecule has 2 N–H and O–H groups in total. The summed E-state index contributed by atoms with van der Waals surface area (Å²) in [5.41, 5.74) is 0.519. The molecule has 0 saturated heterocycles. The lowest BCUT2D eigenvalue weighted by molar-refractivity contribution is -0.137. The fourth-order valence-electron chi connectivity index (χ4n) is 3.84. The van der Waals surface area contributed by atoms with Crippen LogP contribution in [0.1, 0.15) is 140 Å². The average molecular weight is 703 g/mol. The van der Waals surface area contributed by atoms with Crippen LogP contribution in [-0.2, 0) is 11.0 Å². The number of amides is 2. The number of aryl methyl sites for hydroxylation is 1. The second-order valence-electron chi connectivity index (χ2n) is 12.2. The lowest BCUT2D eigenvalue weighted by Crippen LogP contribution is -2.15. The van der Waals surface area contributed by atoms with Crippen molar-refractivity contribution < 1.29 is 22.8 Å². The fourth-order valence-corrected chi connectivity index (χ4v) is 4.56. The van der Waals surface area contributed by atoms with Gasteiger partial charge in [-0.1, -0.05) is 124 Å². The van der Waals surface area contributed by atoms with E-state index in [0.29, 0.717) is 27.3 Å². The van der Waals surface area contributed by atoms with Gasteiger partial charge in [-0.05, 0) is 60.4 Å². The molecule has 0 aliphatic rings. The standard InChI is InChI=1S/C21H15F3N4O2S.C11H24.C5H12.C2H6/c1-12-3-5-16(28-19(30)18-10-15(7-8-25-18)21(22,23)24)9-14(12)4-6-17-11-26-20(31-17)27-13(2)29;1-5-7-11(4)9-8-10(3)6-2;1-4-5(2)3;1-2/h3,5,7-11H,1-2H3,(H,28,30)(H,26,27,29);10-11H,5-9H2,1-4H3;5H,4H2,1-3H3;1-2H3. The summed E-state index contributed by atoms with van der Waals surface area (Å²) in [6, 6.07) is 6.46. The number of benzene rings is 1. The normalized spacial score (nSPS) is 11.6. The summed E-state index contributed by atoms with van der Waals surface area (Å²) in [5.74, 6) is 7.68. The first-order valence-corrected chi connectivity index (χ1v) is 18.1. The highest BCUT2D eigenvalue weighted by atomic mass is 32.1. The first-order chi connectivity index (χ1) is 23.1. The van der Waals surface area contributed by atoms with E-state index in [4.69, 9.17) is 0 Å². The molecule has 3 rings (SSSR count). The number of nitrogens with one attached hydrogen (secondary N) is 2. The van der Waals surface area contributed by atoms with Crippen LogP contribution >= 0.6 is 11.3 Å². The summed E-state index contributed by atoms with van der Waals surface area (Å²) in [4.78, 5) is 31.8. The highest BCUT2D eigenvalue weighted by Gasteiger charge is 2.31. The van der Waals surface area contributed by atoms with E-state index in [1.54, 1.807) is 18.2 Å². The molecular weight excluding hydrogens is 646 g/mol. The van der Waals surface area contributed by atoms with E-state index in [0.717, 1.165) is 35.6 Å². The molecule has 272 valence electrons. The van der Waals surface area contributed by atoms with E-state index in [2.05, 4.69) is 80.9 Å². The van der Waals surface area contributed by atoms with Crippen molar-refractivity contribution in [3.05, 3.63) is 70.0 Å². The summed E-state index contributed by atoms with van der Waals surface area (Å²) in [7, 11) is 0. The second kappa shape index (κ2) is 24.4. The first kappa shape index (κ1) is 45.3. The van der Waals surface area contributed by atoms with Gasteiger partial charge in [0, 0.05) is 24.4 Å². The van der Waals surface area contributed by atoms with Crippen LogP contribution in [0, 0.1) is 36.5 Å². The Labute approximate surface area is 297 Å². The quantitative estimate of drug-likeness (QED) is 0.206. The maximum Gasteiger partial charge on any atom is 0.416 e. The number of carbonyl (C=O) groups is 2. The Balaban J connectivity index is 0.00000106. The molecule has 0 aliphatic carbocycles. The third-order valence-corrected chi connectivity index (χ3v) is 8.20. The zero-order chi connectivity index (χ0) is 37.6. The molecule has 0 fully saturated rings. The molecule has 0 spiro atoms. The minimum atomic E-state index is -4.57. The molecule has 10 heteroatoms. The van der Waals surface area contributed by atoms with Crippen LogP contribution in [0.2, 0.25) is 0 Å². The zero-order valence-electron chi connectivity index (χ0n) is 31.3. The number of thiazole rings is 1. The van der Waals surface area contributed by atoms with E-state index < -0.39 is 17.6 Å². The molecule has 6 nitrogen and oxygen atoms in total. The lowest BCUT2D eigenvalue weighted by Gasteiger charge is -2.12. The van der Waals surface area contributed by atoms with Gasteiger partial charge in [-0.25, -0.2) is 4.98 Å². The Morgan fingerprint density at radius 2 is 1.51 bits per heavy atom. The van der Waals surface area contributed by atoms with Gasteiger partial charge in [0.15, 0.2) is 5.13 Å². The van der Waals surface area contributed by atoms with Gasteiger partial charge >= 0.3 is 6.18 Å². The zero-order valence-corrected chi connectivity index (χ0v) is 32.1. The predicted octanol–water partition coefficient (Wildman–Crippen LogP) is 11.8. The van der Waals surface area contributed by atoms with Gasteiger partial charge in [0.1, 0.15) is 5.69 Å². The topological polar surface area (TPSA) is 84.0 Å². The van der Waals surface area contributed by atoms with Crippen LogP contribution in [0.5, 0.6) is 0 Å². The van der Waals surface area contributed by atoms with Crippen molar-refractivity contribution in [3.63, 3.8) is 0 Å². The van der Waals surface area contributed by atoms with E-state index in [9.17, 15) is 22.8 Å². The first-order valence-electron chi connectivity index (χ1n) is 17.3.